The first-order valence-electron chi connectivity index (χ1n) is 10.0. The standard InChI is InChI=1S/C22H28F3NOS/c1-2-3-4-10-26-11-8-21(17-9-12-28-16-17)18(14-26)15-27-20-7-5-6-19(13-20)22(23,24)25/h5-7,9,12-13,16,18,21H,2-4,8,10-11,14-15H2,1H3/t18-,21-/m0/s1. The smallest absolute Gasteiger partial charge is 0.416 e. The minimum Gasteiger partial charge on any atom is -0.493 e. The second kappa shape index (κ2) is 9.79. The monoisotopic (exact) mass is 411 g/mol. The fourth-order valence-corrected chi connectivity index (χ4v) is 4.68. The van der Waals surface area contributed by atoms with Crippen molar-refractivity contribution in [3.05, 3.63) is 52.2 Å². The molecule has 1 aromatic carbocycles. The van der Waals surface area contributed by atoms with E-state index in [4.69, 9.17) is 4.74 Å². The van der Waals surface area contributed by atoms with Gasteiger partial charge in [0.25, 0.3) is 0 Å². The molecule has 0 aliphatic carbocycles. The number of benzene rings is 1. The lowest BCUT2D eigenvalue weighted by Crippen LogP contribution is -2.42. The number of hydrogen-bond acceptors (Lipinski definition) is 3. The Morgan fingerprint density at radius 1 is 1.21 bits per heavy atom. The van der Waals surface area contributed by atoms with Crippen LogP contribution < -0.4 is 4.74 Å². The molecule has 1 aromatic heterocycles. The lowest BCUT2D eigenvalue weighted by molar-refractivity contribution is -0.137. The number of nitrogens with zero attached hydrogens (tertiary/aromatic N) is 1. The number of hydrogen-bond donors (Lipinski definition) is 0. The summed E-state index contributed by atoms with van der Waals surface area (Å²) < 4.78 is 44.7. The summed E-state index contributed by atoms with van der Waals surface area (Å²) in [6, 6.07) is 7.36. The van der Waals surface area contributed by atoms with Crippen LogP contribution in [0.4, 0.5) is 13.2 Å². The van der Waals surface area contributed by atoms with Crippen LogP contribution >= 0.6 is 11.3 Å². The molecule has 1 aliphatic rings. The van der Waals surface area contributed by atoms with Crippen LogP contribution in [0.2, 0.25) is 0 Å². The predicted molar refractivity (Wildman–Crippen MR) is 108 cm³/mol. The zero-order valence-corrected chi connectivity index (χ0v) is 17.1. The molecule has 1 saturated heterocycles. The van der Waals surface area contributed by atoms with Crippen molar-refractivity contribution < 1.29 is 17.9 Å². The first-order chi connectivity index (χ1) is 13.5. The highest BCUT2D eigenvalue weighted by atomic mass is 32.1. The van der Waals surface area contributed by atoms with Crippen molar-refractivity contribution >= 4 is 11.3 Å². The second-order valence-electron chi connectivity index (χ2n) is 7.56. The maximum absolute atomic E-state index is 12.9. The molecule has 0 unspecified atom stereocenters. The number of halogens is 3. The first kappa shape index (κ1) is 21.2. The molecule has 0 amide bonds. The molecular formula is C22H28F3NOS. The normalized spacial score (nSPS) is 21.0. The van der Waals surface area contributed by atoms with Crippen molar-refractivity contribution in [2.75, 3.05) is 26.2 Å². The quantitative estimate of drug-likeness (QED) is 0.463. The molecule has 0 saturated carbocycles. The van der Waals surface area contributed by atoms with Gasteiger partial charge in [0.1, 0.15) is 5.75 Å². The van der Waals surface area contributed by atoms with Crippen molar-refractivity contribution in [3.8, 4) is 5.75 Å². The second-order valence-corrected chi connectivity index (χ2v) is 8.34. The van der Waals surface area contributed by atoms with Gasteiger partial charge >= 0.3 is 6.18 Å². The molecule has 0 radical (unpaired) electrons. The molecule has 2 heterocycles. The van der Waals surface area contributed by atoms with E-state index in [-0.39, 0.29) is 5.92 Å². The first-order valence-corrected chi connectivity index (χ1v) is 11.0. The summed E-state index contributed by atoms with van der Waals surface area (Å²) in [4.78, 5) is 2.48. The number of ether oxygens (including phenoxy) is 1. The summed E-state index contributed by atoms with van der Waals surface area (Å²) in [5, 5.41) is 4.28. The number of rotatable bonds is 8. The third kappa shape index (κ3) is 5.74. The van der Waals surface area contributed by atoms with Crippen molar-refractivity contribution in [1.82, 2.24) is 4.90 Å². The average Bonchev–Trinajstić information content (AvgIpc) is 3.21. The van der Waals surface area contributed by atoms with E-state index in [0.29, 0.717) is 18.3 Å². The Kier molecular flexibility index (Phi) is 7.41. The lowest BCUT2D eigenvalue weighted by Gasteiger charge is -2.38. The Morgan fingerprint density at radius 2 is 2.07 bits per heavy atom. The van der Waals surface area contributed by atoms with E-state index in [2.05, 4.69) is 28.7 Å². The van der Waals surface area contributed by atoms with E-state index in [9.17, 15) is 13.2 Å². The molecule has 2 atom stereocenters. The average molecular weight is 412 g/mol. The molecule has 6 heteroatoms. The highest BCUT2D eigenvalue weighted by molar-refractivity contribution is 7.07. The van der Waals surface area contributed by atoms with Crippen molar-refractivity contribution in [2.45, 2.75) is 44.7 Å². The van der Waals surface area contributed by atoms with Gasteiger partial charge in [-0.1, -0.05) is 25.8 Å². The van der Waals surface area contributed by atoms with Crippen LogP contribution in [0, 0.1) is 5.92 Å². The molecule has 154 valence electrons. The Balaban J connectivity index is 1.66. The molecule has 28 heavy (non-hydrogen) atoms. The molecule has 0 spiro atoms. The highest BCUT2D eigenvalue weighted by Crippen LogP contribution is 2.36. The zero-order chi connectivity index (χ0) is 20.0. The molecule has 2 aromatic rings. The zero-order valence-electron chi connectivity index (χ0n) is 16.3. The summed E-state index contributed by atoms with van der Waals surface area (Å²) in [7, 11) is 0. The summed E-state index contributed by atoms with van der Waals surface area (Å²) >= 11 is 1.69. The SMILES string of the molecule is CCCCCN1CC[C@@H](c2ccsc2)[C@H](COc2cccc(C(F)(F)F)c2)C1. The van der Waals surface area contributed by atoms with Crippen LogP contribution in [0.3, 0.4) is 0 Å². The van der Waals surface area contributed by atoms with E-state index < -0.39 is 11.7 Å². The Hall–Kier alpha value is -1.53. The topological polar surface area (TPSA) is 12.5 Å². The molecule has 2 nitrogen and oxygen atoms in total. The molecule has 0 bridgehead atoms. The van der Waals surface area contributed by atoms with Gasteiger partial charge in [-0.15, -0.1) is 0 Å². The fraction of sp³-hybridized carbons (Fsp3) is 0.545. The van der Waals surface area contributed by atoms with Crippen molar-refractivity contribution in [3.63, 3.8) is 0 Å². The third-order valence-corrected chi connectivity index (χ3v) is 6.19. The molecule has 1 aliphatic heterocycles. The number of likely N-dealkylation sites (tertiary alicyclic amines) is 1. The Labute approximate surface area is 169 Å². The van der Waals surface area contributed by atoms with Crippen LogP contribution in [-0.2, 0) is 6.18 Å². The Morgan fingerprint density at radius 3 is 2.79 bits per heavy atom. The van der Waals surface area contributed by atoms with Gasteiger partial charge < -0.3 is 9.64 Å². The minimum absolute atomic E-state index is 0.277. The maximum Gasteiger partial charge on any atom is 0.416 e. The van der Waals surface area contributed by atoms with Gasteiger partial charge in [-0.3, -0.25) is 0 Å². The molecule has 0 N–H and O–H groups in total. The van der Waals surface area contributed by atoms with E-state index in [1.165, 1.54) is 30.9 Å². The minimum atomic E-state index is -4.35. The van der Waals surface area contributed by atoms with Crippen molar-refractivity contribution in [1.29, 1.82) is 0 Å². The van der Waals surface area contributed by atoms with Crippen LogP contribution in [0.15, 0.2) is 41.1 Å². The van der Waals surface area contributed by atoms with Crippen molar-refractivity contribution in [2.24, 2.45) is 5.92 Å². The molecule has 1 fully saturated rings. The molecule has 3 rings (SSSR count). The largest absolute Gasteiger partial charge is 0.493 e. The number of alkyl halides is 3. The van der Waals surface area contributed by atoms with Gasteiger partial charge in [0.15, 0.2) is 0 Å². The van der Waals surface area contributed by atoms with E-state index in [0.717, 1.165) is 38.2 Å². The predicted octanol–water partition coefficient (Wildman–Crippen LogP) is 6.44. The maximum atomic E-state index is 12.9. The van der Waals surface area contributed by atoms with Gasteiger partial charge in [0.2, 0.25) is 0 Å². The summed E-state index contributed by atoms with van der Waals surface area (Å²) in [5.41, 5.74) is 0.667. The van der Waals surface area contributed by atoms with Gasteiger partial charge in [-0.05, 0) is 72.4 Å². The van der Waals surface area contributed by atoms with Crippen LogP contribution in [0.5, 0.6) is 5.75 Å². The Bertz CT molecular complexity index is 717. The van der Waals surface area contributed by atoms with Crippen LogP contribution in [-0.4, -0.2) is 31.1 Å². The van der Waals surface area contributed by atoms with E-state index in [1.54, 1.807) is 17.4 Å². The van der Waals surface area contributed by atoms with Gasteiger partial charge in [-0.2, -0.15) is 24.5 Å². The van der Waals surface area contributed by atoms with E-state index in [1.807, 2.05) is 0 Å². The number of unbranched alkanes of at least 4 members (excludes halogenated alkanes) is 2. The number of piperidine rings is 1. The lowest BCUT2D eigenvalue weighted by atomic mass is 9.82. The summed E-state index contributed by atoms with van der Waals surface area (Å²) in [6.45, 7) is 5.73. The van der Waals surface area contributed by atoms with Gasteiger partial charge in [-0.25, -0.2) is 0 Å². The van der Waals surface area contributed by atoms with Gasteiger partial charge in [0, 0.05) is 12.5 Å². The van der Waals surface area contributed by atoms with Crippen LogP contribution in [0.1, 0.15) is 49.7 Å². The van der Waals surface area contributed by atoms with Crippen LogP contribution in [0.25, 0.3) is 0 Å². The molecular weight excluding hydrogens is 383 g/mol. The van der Waals surface area contributed by atoms with E-state index >= 15 is 0 Å². The fourth-order valence-electron chi connectivity index (χ4n) is 3.96. The summed E-state index contributed by atoms with van der Waals surface area (Å²) in [6.07, 6.45) is 0.350. The third-order valence-electron chi connectivity index (χ3n) is 5.49. The summed E-state index contributed by atoms with van der Waals surface area (Å²) in [5.74, 6) is 0.973. The highest BCUT2D eigenvalue weighted by Gasteiger charge is 2.32. The number of thiophene rings is 1. The van der Waals surface area contributed by atoms with Gasteiger partial charge in [0.05, 0.1) is 12.2 Å².